The monoisotopic (exact) mass is 242 g/mol. The van der Waals surface area contributed by atoms with Crippen molar-refractivity contribution < 1.29 is 23.4 Å². The van der Waals surface area contributed by atoms with Crippen molar-refractivity contribution in [3.63, 3.8) is 0 Å². The highest BCUT2D eigenvalue weighted by atomic mass is 19.1. The summed E-state index contributed by atoms with van der Waals surface area (Å²) in [6.07, 6.45) is 0.756. The summed E-state index contributed by atoms with van der Waals surface area (Å²) in [5, 5.41) is 8.76. The van der Waals surface area contributed by atoms with Gasteiger partial charge in [-0.15, -0.1) is 0 Å². The van der Waals surface area contributed by atoms with E-state index in [-0.39, 0.29) is 17.7 Å². The lowest BCUT2D eigenvalue weighted by atomic mass is 9.91. The van der Waals surface area contributed by atoms with E-state index in [1.165, 1.54) is 7.11 Å². The number of hydrogen-bond acceptors (Lipinski definition) is 2. The van der Waals surface area contributed by atoms with Crippen LogP contribution < -0.4 is 4.74 Å². The van der Waals surface area contributed by atoms with E-state index < -0.39 is 23.0 Å². The lowest BCUT2D eigenvalue weighted by Crippen LogP contribution is -2.16. The molecule has 2 rings (SSSR count). The van der Waals surface area contributed by atoms with Crippen LogP contribution in [0.3, 0.4) is 0 Å². The number of methoxy groups -OCH3 is 1. The van der Waals surface area contributed by atoms with E-state index in [4.69, 9.17) is 9.84 Å². The zero-order chi connectivity index (χ0) is 12.6. The summed E-state index contributed by atoms with van der Waals surface area (Å²) in [5.74, 6) is -2.42. The molecule has 0 aromatic heterocycles. The summed E-state index contributed by atoms with van der Waals surface area (Å²) in [4.78, 5) is 10.7. The van der Waals surface area contributed by atoms with Crippen LogP contribution in [0.5, 0.6) is 5.75 Å². The molecule has 0 aliphatic heterocycles. The quantitative estimate of drug-likeness (QED) is 0.882. The first kappa shape index (κ1) is 11.8. The molecule has 0 bridgehead atoms. The smallest absolute Gasteiger partial charge is 0.304 e. The summed E-state index contributed by atoms with van der Waals surface area (Å²) in [7, 11) is 1.32. The Kier molecular flexibility index (Phi) is 2.77. The molecule has 0 spiro atoms. The van der Waals surface area contributed by atoms with Crippen molar-refractivity contribution in [1.82, 2.24) is 0 Å². The second kappa shape index (κ2) is 3.98. The molecule has 1 N–H and O–H groups in total. The number of carboxylic acids is 1. The van der Waals surface area contributed by atoms with E-state index in [1.807, 2.05) is 0 Å². The number of rotatable bonds is 4. The Morgan fingerprint density at radius 2 is 1.94 bits per heavy atom. The van der Waals surface area contributed by atoms with Crippen molar-refractivity contribution in [1.29, 1.82) is 0 Å². The Hall–Kier alpha value is -1.65. The molecule has 17 heavy (non-hydrogen) atoms. The average Bonchev–Trinajstić information content (AvgIpc) is 2.96. The van der Waals surface area contributed by atoms with Gasteiger partial charge in [0.05, 0.1) is 13.5 Å². The summed E-state index contributed by atoms with van der Waals surface area (Å²) in [6, 6.07) is 2.17. The molecule has 0 saturated heterocycles. The Morgan fingerprint density at radius 3 is 2.29 bits per heavy atom. The molecular weight excluding hydrogens is 230 g/mol. The molecule has 0 radical (unpaired) electrons. The normalized spacial score (nSPS) is 16.6. The van der Waals surface area contributed by atoms with Crippen LogP contribution in [0.25, 0.3) is 0 Å². The number of carboxylic acid groups (broad SMARTS) is 1. The molecular formula is C12H12F2O3. The predicted octanol–water partition coefficient (Wildman–Crippen LogP) is 2.48. The van der Waals surface area contributed by atoms with Crippen LogP contribution in [0.4, 0.5) is 8.78 Å². The number of aliphatic carboxylic acids is 1. The van der Waals surface area contributed by atoms with Gasteiger partial charge in [0.25, 0.3) is 0 Å². The van der Waals surface area contributed by atoms with Crippen molar-refractivity contribution >= 4 is 5.97 Å². The topological polar surface area (TPSA) is 46.5 Å². The molecule has 5 heteroatoms. The fourth-order valence-corrected chi connectivity index (χ4v) is 2.13. The Bertz CT molecular complexity index is 444. The standard InChI is InChI=1S/C12H12F2O3/c1-17-7-4-8(13)11(9(14)5-7)12(2-3-12)6-10(15)16/h4-5H,2-3,6H2,1H3,(H,15,16). The number of benzene rings is 1. The van der Waals surface area contributed by atoms with E-state index in [9.17, 15) is 13.6 Å². The third-order valence-electron chi connectivity index (χ3n) is 3.12. The Morgan fingerprint density at radius 1 is 1.41 bits per heavy atom. The van der Waals surface area contributed by atoms with Gasteiger partial charge in [0.2, 0.25) is 0 Å². The summed E-state index contributed by atoms with van der Waals surface area (Å²) in [5.41, 5.74) is -0.993. The van der Waals surface area contributed by atoms with Gasteiger partial charge < -0.3 is 9.84 Å². The van der Waals surface area contributed by atoms with Gasteiger partial charge in [-0.3, -0.25) is 4.79 Å². The molecule has 0 amide bonds. The predicted molar refractivity (Wildman–Crippen MR) is 56.1 cm³/mol. The van der Waals surface area contributed by atoms with Gasteiger partial charge in [0, 0.05) is 23.1 Å². The van der Waals surface area contributed by atoms with Crippen LogP contribution in [0, 0.1) is 11.6 Å². The van der Waals surface area contributed by atoms with Crippen molar-refractivity contribution in [2.24, 2.45) is 0 Å². The molecule has 1 aliphatic rings. The number of ether oxygens (including phenoxy) is 1. The fraction of sp³-hybridized carbons (Fsp3) is 0.417. The molecule has 92 valence electrons. The molecule has 0 unspecified atom stereocenters. The second-order valence-corrected chi connectivity index (χ2v) is 4.32. The molecule has 1 fully saturated rings. The molecule has 0 atom stereocenters. The first-order chi connectivity index (χ1) is 7.98. The maximum Gasteiger partial charge on any atom is 0.304 e. The van der Waals surface area contributed by atoms with Gasteiger partial charge in [-0.25, -0.2) is 8.78 Å². The van der Waals surface area contributed by atoms with Crippen LogP contribution in [0.15, 0.2) is 12.1 Å². The second-order valence-electron chi connectivity index (χ2n) is 4.32. The SMILES string of the molecule is COc1cc(F)c(C2(CC(=O)O)CC2)c(F)c1. The highest BCUT2D eigenvalue weighted by molar-refractivity contribution is 5.70. The highest BCUT2D eigenvalue weighted by Gasteiger charge is 2.49. The van der Waals surface area contributed by atoms with Crippen molar-refractivity contribution in [2.45, 2.75) is 24.7 Å². The van der Waals surface area contributed by atoms with Gasteiger partial charge in [-0.05, 0) is 12.8 Å². The number of halogens is 2. The maximum atomic E-state index is 13.8. The fourth-order valence-electron chi connectivity index (χ4n) is 2.13. The van der Waals surface area contributed by atoms with Crippen molar-refractivity contribution in [3.8, 4) is 5.75 Å². The minimum Gasteiger partial charge on any atom is -0.497 e. The molecule has 1 aromatic carbocycles. The minimum absolute atomic E-state index is 0.0925. The van der Waals surface area contributed by atoms with Crippen LogP contribution >= 0.6 is 0 Å². The van der Waals surface area contributed by atoms with Crippen LogP contribution in [-0.4, -0.2) is 18.2 Å². The van der Waals surface area contributed by atoms with Gasteiger partial charge >= 0.3 is 5.97 Å². The molecule has 3 nitrogen and oxygen atoms in total. The van der Waals surface area contributed by atoms with Crippen LogP contribution in [-0.2, 0) is 10.2 Å². The van der Waals surface area contributed by atoms with Crippen LogP contribution in [0.2, 0.25) is 0 Å². The van der Waals surface area contributed by atoms with E-state index in [0.29, 0.717) is 12.8 Å². The highest BCUT2D eigenvalue weighted by Crippen LogP contribution is 2.53. The first-order valence-electron chi connectivity index (χ1n) is 5.24. The lowest BCUT2D eigenvalue weighted by molar-refractivity contribution is -0.137. The maximum absolute atomic E-state index is 13.8. The summed E-state index contributed by atoms with van der Waals surface area (Å²) in [6.45, 7) is 0. The van der Waals surface area contributed by atoms with E-state index in [0.717, 1.165) is 12.1 Å². The minimum atomic E-state index is -1.04. The van der Waals surface area contributed by atoms with Gasteiger partial charge in [-0.2, -0.15) is 0 Å². The number of carbonyl (C=O) groups is 1. The van der Waals surface area contributed by atoms with Crippen molar-refractivity contribution in [3.05, 3.63) is 29.3 Å². The van der Waals surface area contributed by atoms with Gasteiger partial charge in [-0.1, -0.05) is 0 Å². The largest absolute Gasteiger partial charge is 0.497 e. The average molecular weight is 242 g/mol. The Labute approximate surface area is 97.0 Å². The van der Waals surface area contributed by atoms with E-state index in [1.54, 1.807) is 0 Å². The Balaban J connectivity index is 2.42. The third-order valence-corrected chi connectivity index (χ3v) is 3.12. The molecule has 0 heterocycles. The van der Waals surface area contributed by atoms with E-state index >= 15 is 0 Å². The van der Waals surface area contributed by atoms with Gasteiger partial charge in [0.15, 0.2) is 0 Å². The first-order valence-corrected chi connectivity index (χ1v) is 5.24. The zero-order valence-electron chi connectivity index (χ0n) is 9.30. The third kappa shape index (κ3) is 2.09. The lowest BCUT2D eigenvalue weighted by Gasteiger charge is -2.15. The molecule has 1 aromatic rings. The zero-order valence-corrected chi connectivity index (χ0v) is 9.30. The summed E-state index contributed by atoms with van der Waals surface area (Å²) < 4.78 is 32.3. The molecule has 1 aliphatic carbocycles. The van der Waals surface area contributed by atoms with Crippen molar-refractivity contribution in [2.75, 3.05) is 7.11 Å². The van der Waals surface area contributed by atoms with Gasteiger partial charge in [0.1, 0.15) is 17.4 Å². The summed E-state index contributed by atoms with van der Waals surface area (Å²) >= 11 is 0. The van der Waals surface area contributed by atoms with E-state index in [2.05, 4.69) is 0 Å². The molecule has 1 saturated carbocycles. The van der Waals surface area contributed by atoms with Crippen LogP contribution in [0.1, 0.15) is 24.8 Å². The number of hydrogen-bond donors (Lipinski definition) is 1.